The predicted molar refractivity (Wildman–Crippen MR) is 92.9 cm³/mol. The quantitative estimate of drug-likeness (QED) is 0.887. The van der Waals surface area contributed by atoms with Crippen LogP contribution in [0.2, 0.25) is 0 Å². The number of carboxylic acids is 1. The lowest BCUT2D eigenvalue weighted by Crippen LogP contribution is -2.44. The standard InChI is InChI=1S/C20H23NO3/c22-19-14-21(13-17-8-4-5-9-18(17)20(23)24)11-10-16(19)12-15-6-2-1-3-7-15/h1-9,16,19,22H,10-14H2,(H,23,24)/t16-,19-/m1/s1. The number of hydrogen-bond acceptors (Lipinski definition) is 3. The molecule has 2 aromatic carbocycles. The summed E-state index contributed by atoms with van der Waals surface area (Å²) in [6.45, 7) is 2.03. The van der Waals surface area contributed by atoms with E-state index in [9.17, 15) is 15.0 Å². The van der Waals surface area contributed by atoms with Crippen molar-refractivity contribution in [3.8, 4) is 0 Å². The Hall–Kier alpha value is -2.17. The van der Waals surface area contributed by atoms with Crippen LogP contribution in [-0.4, -0.2) is 40.3 Å². The maximum atomic E-state index is 11.3. The van der Waals surface area contributed by atoms with Crippen LogP contribution in [0.15, 0.2) is 54.6 Å². The fourth-order valence-electron chi connectivity index (χ4n) is 3.45. The fraction of sp³-hybridized carbons (Fsp3) is 0.350. The average molecular weight is 325 g/mol. The van der Waals surface area contributed by atoms with Crippen LogP contribution in [0.25, 0.3) is 0 Å². The van der Waals surface area contributed by atoms with Gasteiger partial charge in [0.2, 0.25) is 0 Å². The van der Waals surface area contributed by atoms with Gasteiger partial charge in [-0.2, -0.15) is 0 Å². The molecule has 0 amide bonds. The van der Waals surface area contributed by atoms with Gasteiger partial charge in [0.25, 0.3) is 0 Å². The molecule has 126 valence electrons. The van der Waals surface area contributed by atoms with E-state index in [4.69, 9.17) is 0 Å². The zero-order valence-electron chi connectivity index (χ0n) is 13.6. The number of aromatic carboxylic acids is 1. The van der Waals surface area contributed by atoms with Crippen molar-refractivity contribution in [3.05, 3.63) is 71.3 Å². The minimum atomic E-state index is -0.898. The Bertz CT molecular complexity index is 686. The number of β-amino-alcohol motifs (C(OH)–C–C–N with tert-alkyl or cyclic N) is 1. The summed E-state index contributed by atoms with van der Waals surface area (Å²) in [7, 11) is 0. The molecule has 1 saturated heterocycles. The first-order valence-electron chi connectivity index (χ1n) is 8.39. The molecule has 0 saturated carbocycles. The van der Waals surface area contributed by atoms with Gasteiger partial charge in [-0.25, -0.2) is 4.79 Å². The zero-order valence-corrected chi connectivity index (χ0v) is 13.6. The lowest BCUT2D eigenvalue weighted by Gasteiger charge is -2.36. The largest absolute Gasteiger partial charge is 0.478 e. The van der Waals surface area contributed by atoms with Crippen LogP contribution in [0, 0.1) is 5.92 Å². The number of nitrogens with zero attached hydrogens (tertiary/aromatic N) is 1. The Labute approximate surface area is 142 Å². The summed E-state index contributed by atoms with van der Waals surface area (Å²) >= 11 is 0. The first kappa shape index (κ1) is 16.7. The molecular formula is C20H23NO3. The molecule has 0 aromatic heterocycles. The third-order valence-electron chi connectivity index (χ3n) is 4.79. The number of aliphatic hydroxyl groups excluding tert-OH is 1. The van der Waals surface area contributed by atoms with Crippen LogP contribution in [0.3, 0.4) is 0 Å². The third-order valence-corrected chi connectivity index (χ3v) is 4.79. The summed E-state index contributed by atoms with van der Waals surface area (Å²) in [5, 5.41) is 19.8. The fourth-order valence-corrected chi connectivity index (χ4v) is 3.45. The zero-order chi connectivity index (χ0) is 16.9. The molecule has 2 atom stereocenters. The van der Waals surface area contributed by atoms with E-state index in [0.29, 0.717) is 18.7 Å². The molecule has 0 unspecified atom stereocenters. The minimum Gasteiger partial charge on any atom is -0.478 e. The first-order valence-corrected chi connectivity index (χ1v) is 8.39. The molecule has 24 heavy (non-hydrogen) atoms. The first-order chi connectivity index (χ1) is 11.6. The minimum absolute atomic E-state index is 0.262. The number of likely N-dealkylation sites (tertiary alicyclic amines) is 1. The molecule has 1 heterocycles. The summed E-state index contributed by atoms with van der Waals surface area (Å²) in [5.74, 6) is -0.636. The Morgan fingerprint density at radius 2 is 1.79 bits per heavy atom. The second-order valence-electron chi connectivity index (χ2n) is 6.50. The number of piperidine rings is 1. The average Bonchev–Trinajstić information content (AvgIpc) is 2.58. The van der Waals surface area contributed by atoms with Gasteiger partial charge in [-0.05, 0) is 42.5 Å². The van der Waals surface area contributed by atoms with E-state index in [-0.39, 0.29) is 12.0 Å². The molecule has 1 fully saturated rings. The number of carbonyl (C=O) groups is 1. The van der Waals surface area contributed by atoms with Crippen LogP contribution < -0.4 is 0 Å². The molecule has 1 aliphatic heterocycles. The Balaban J connectivity index is 1.61. The van der Waals surface area contributed by atoms with Crippen molar-refractivity contribution < 1.29 is 15.0 Å². The van der Waals surface area contributed by atoms with Crippen molar-refractivity contribution in [1.29, 1.82) is 0 Å². The van der Waals surface area contributed by atoms with Crippen LogP contribution in [0.1, 0.15) is 27.9 Å². The molecule has 3 rings (SSSR count). The van der Waals surface area contributed by atoms with Gasteiger partial charge in [-0.3, -0.25) is 4.90 Å². The smallest absolute Gasteiger partial charge is 0.336 e. The SMILES string of the molecule is O=C(O)c1ccccc1CN1CC[C@H](Cc2ccccc2)[C@H](O)C1. The highest BCUT2D eigenvalue weighted by Crippen LogP contribution is 2.24. The van der Waals surface area contributed by atoms with Crippen molar-refractivity contribution in [1.82, 2.24) is 4.90 Å². The summed E-state index contributed by atoms with van der Waals surface area (Å²) in [6.07, 6.45) is 1.43. The number of hydrogen-bond donors (Lipinski definition) is 2. The van der Waals surface area contributed by atoms with Gasteiger partial charge in [-0.1, -0.05) is 48.5 Å². The monoisotopic (exact) mass is 325 g/mol. The molecule has 0 aliphatic carbocycles. The molecule has 0 radical (unpaired) electrons. The lowest BCUT2D eigenvalue weighted by molar-refractivity contribution is 0.0186. The van der Waals surface area contributed by atoms with Crippen molar-refractivity contribution in [2.75, 3.05) is 13.1 Å². The molecule has 0 spiro atoms. The van der Waals surface area contributed by atoms with Gasteiger partial charge in [0.05, 0.1) is 11.7 Å². The molecule has 2 N–H and O–H groups in total. The number of benzene rings is 2. The lowest BCUT2D eigenvalue weighted by atomic mass is 9.87. The van der Waals surface area contributed by atoms with Gasteiger partial charge in [0, 0.05) is 13.1 Å². The van der Waals surface area contributed by atoms with Gasteiger partial charge < -0.3 is 10.2 Å². The predicted octanol–water partition coefficient (Wildman–Crippen LogP) is 2.81. The van der Waals surface area contributed by atoms with Crippen molar-refractivity contribution in [2.24, 2.45) is 5.92 Å². The molecule has 4 heteroatoms. The van der Waals surface area contributed by atoms with Gasteiger partial charge in [-0.15, -0.1) is 0 Å². The van der Waals surface area contributed by atoms with Gasteiger partial charge >= 0.3 is 5.97 Å². The number of aliphatic hydroxyl groups is 1. The highest BCUT2D eigenvalue weighted by molar-refractivity contribution is 5.89. The van der Waals surface area contributed by atoms with Crippen LogP contribution in [0.5, 0.6) is 0 Å². The highest BCUT2D eigenvalue weighted by Gasteiger charge is 2.28. The second-order valence-corrected chi connectivity index (χ2v) is 6.50. The van der Waals surface area contributed by atoms with Gasteiger partial charge in [0.15, 0.2) is 0 Å². The summed E-state index contributed by atoms with van der Waals surface area (Å²) < 4.78 is 0. The molecular weight excluding hydrogens is 302 g/mol. The summed E-state index contributed by atoms with van der Waals surface area (Å²) in [4.78, 5) is 13.5. The van der Waals surface area contributed by atoms with Crippen LogP contribution in [-0.2, 0) is 13.0 Å². The Kier molecular flexibility index (Phi) is 5.28. The molecule has 0 bridgehead atoms. The maximum absolute atomic E-state index is 11.3. The number of carboxylic acid groups (broad SMARTS) is 1. The van der Waals surface area contributed by atoms with Crippen LogP contribution in [0.4, 0.5) is 0 Å². The third kappa shape index (κ3) is 4.02. The van der Waals surface area contributed by atoms with E-state index in [2.05, 4.69) is 17.0 Å². The van der Waals surface area contributed by atoms with E-state index in [0.717, 1.165) is 24.9 Å². The van der Waals surface area contributed by atoms with E-state index in [1.54, 1.807) is 12.1 Å². The van der Waals surface area contributed by atoms with E-state index in [1.807, 2.05) is 30.3 Å². The van der Waals surface area contributed by atoms with Crippen LogP contribution >= 0.6 is 0 Å². The van der Waals surface area contributed by atoms with Crippen molar-refractivity contribution in [2.45, 2.75) is 25.5 Å². The van der Waals surface area contributed by atoms with Crippen molar-refractivity contribution >= 4 is 5.97 Å². The number of rotatable bonds is 5. The van der Waals surface area contributed by atoms with E-state index in [1.165, 1.54) is 5.56 Å². The normalized spacial score (nSPS) is 21.5. The maximum Gasteiger partial charge on any atom is 0.336 e. The second kappa shape index (κ2) is 7.60. The highest BCUT2D eigenvalue weighted by atomic mass is 16.4. The van der Waals surface area contributed by atoms with E-state index >= 15 is 0 Å². The topological polar surface area (TPSA) is 60.8 Å². The Morgan fingerprint density at radius 1 is 1.08 bits per heavy atom. The summed E-state index contributed by atoms with van der Waals surface area (Å²) in [6, 6.07) is 17.3. The Morgan fingerprint density at radius 3 is 2.50 bits per heavy atom. The molecule has 1 aliphatic rings. The molecule has 4 nitrogen and oxygen atoms in total. The van der Waals surface area contributed by atoms with E-state index < -0.39 is 5.97 Å². The molecule has 2 aromatic rings. The van der Waals surface area contributed by atoms with Crippen molar-refractivity contribution in [3.63, 3.8) is 0 Å². The van der Waals surface area contributed by atoms with Gasteiger partial charge in [0.1, 0.15) is 0 Å². The summed E-state index contributed by atoms with van der Waals surface area (Å²) in [5.41, 5.74) is 2.41.